The van der Waals surface area contributed by atoms with Gasteiger partial charge in [-0.1, -0.05) is 42.5 Å². The first kappa shape index (κ1) is 15.2. The molecule has 0 bridgehead atoms. The monoisotopic (exact) mass is 323 g/mol. The molecule has 1 N–H and O–H groups in total. The zero-order chi connectivity index (χ0) is 16.1. The largest absolute Gasteiger partial charge is 0.497 e. The molecule has 1 heterocycles. The van der Waals surface area contributed by atoms with Crippen LogP contribution < -0.4 is 10.2 Å². The van der Waals surface area contributed by atoms with Gasteiger partial charge in [0.15, 0.2) is 0 Å². The number of aromatic nitrogens is 1. The predicted octanol–water partition coefficient (Wildman–Crippen LogP) is 4.65. The van der Waals surface area contributed by atoms with Gasteiger partial charge >= 0.3 is 0 Å². The fourth-order valence-corrected chi connectivity index (χ4v) is 2.77. The molecular weight excluding hydrogens is 306 g/mol. The minimum absolute atomic E-state index is 0.770. The highest BCUT2D eigenvalue weighted by molar-refractivity contribution is 7.14. The molecule has 0 radical (unpaired) electrons. The van der Waals surface area contributed by atoms with Crippen LogP contribution in [-0.4, -0.2) is 17.8 Å². The molecule has 116 valence electrons. The van der Waals surface area contributed by atoms with Gasteiger partial charge in [0, 0.05) is 16.5 Å². The Balaban J connectivity index is 1.73. The maximum Gasteiger partial charge on any atom is 0.203 e. The topological polar surface area (TPSA) is 46.5 Å². The molecule has 0 aliphatic heterocycles. The standard InChI is InChI=1S/C18H17N3OS/c1-13(15-9-6-10-16(11-15)22-2)20-21-18-19-17(12-23-18)14-7-4-3-5-8-14/h3-12H,1-2H3,(H,19,21)/b20-13-. The lowest BCUT2D eigenvalue weighted by atomic mass is 10.1. The van der Waals surface area contributed by atoms with Crippen molar-refractivity contribution in [3.05, 3.63) is 65.5 Å². The van der Waals surface area contributed by atoms with Crippen molar-refractivity contribution in [3.63, 3.8) is 0 Å². The second-order valence-corrected chi connectivity index (χ2v) is 5.80. The average Bonchev–Trinajstić information content (AvgIpc) is 3.09. The molecule has 5 heteroatoms. The Morgan fingerprint density at radius 2 is 1.96 bits per heavy atom. The van der Waals surface area contributed by atoms with Gasteiger partial charge in [-0.05, 0) is 19.1 Å². The molecule has 0 aliphatic rings. The van der Waals surface area contributed by atoms with Crippen LogP contribution in [0.1, 0.15) is 12.5 Å². The van der Waals surface area contributed by atoms with E-state index in [2.05, 4.69) is 15.5 Å². The zero-order valence-electron chi connectivity index (χ0n) is 13.0. The van der Waals surface area contributed by atoms with Crippen LogP contribution in [0.5, 0.6) is 5.75 Å². The second kappa shape index (κ2) is 7.07. The number of nitrogens with zero attached hydrogens (tertiary/aromatic N) is 2. The molecular formula is C18H17N3OS. The average molecular weight is 323 g/mol. The second-order valence-electron chi connectivity index (χ2n) is 4.94. The van der Waals surface area contributed by atoms with Crippen LogP contribution in [0.15, 0.2) is 65.1 Å². The number of hydrogen-bond donors (Lipinski definition) is 1. The third-order valence-electron chi connectivity index (χ3n) is 3.38. The number of hydrogen-bond acceptors (Lipinski definition) is 5. The lowest BCUT2D eigenvalue weighted by molar-refractivity contribution is 0.414. The summed E-state index contributed by atoms with van der Waals surface area (Å²) in [4.78, 5) is 4.56. The summed E-state index contributed by atoms with van der Waals surface area (Å²) < 4.78 is 5.23. The van der Waals surface area contributed by atoms with Crippen LogP contribution in [0.3, 0.4) is 0 Å². The summed E-state index contributed by atoms with van der Waals surface area (Å²) in [5.74, 6) is 0.817. The van der Waals surface area contributed by atoms with Gasteiger partial charge in [-0.3, -0.25) is 5.43 Å². The van der Waals surface area contributed by atoms with Crippen LogP contribution in [0.25, 0.3) is 11.3 Å². The fraction of sp³-hybridized carbons (Fsp3) is 0.111. The Hall–Kier alpha value is -2.66. The van der Waals surface area contributed by atoms with E-state index in [1.165, 1.54) is 11.3 Å². The van der Waals surface area contributed by atoms with Gasteiger partial charge in [0.05, 0.1) is 18.5 Å². The van der Waals surface area contributed by atoms with Crippen molar-refractivity contribution >= 4 is 22.2 Å². The molecule has 4 nitrogen and oxygen atoms in total. The van der Waals surface area contributed by atoms with E-state index in [1.807, 2.05) is 66.9 Å². The molecule has 0 spiro atoms. The van der Waals surface area contributed by atoms with Crippen molar-refractivity contribution in [3.8, 4) is 17.0 Å². The van der Waals surface area contributed by atoms with Crippen molar-refractivity contribution < 1.29 is 4.74 Å². The fourth-order valence-electron chi connectivity index (χ4n) is 2.11. The first-order valence-corrected chi connectivity index (χ1v) is 8.10. The normalized spacial score (nSPS) is 11.3. The summed E-state index contributed by atoms with van der Waals surface area (Å²) in [6, 6.07) is 17.9. The first-order chi connectivity index (χ1) is 11.3. The van der Waals surface area contributed by atoms with Gasteiger partial charge in [0.25, 0.3) is 0 Å². The molecule has 0 amide bonds. The number of hydrazone groups is 1. The zero-order valence-corrected chi connectivity index (χ0v) is 13.8. The minimum Gasteiger partial charge on any atom is -0.497 e. The number of ether oxygens (including phenoxy) is 1. The summed E-state index contributed by atoms with van der Waals surface area (Å²) in [5.41, 5.74) is 6.96. The van der Waals surface area contributed by atoms with Crippen LogP contribution in [0, 0.1) is 0 Å². The summed E-state index contributed by atoms with van der Waals surface area (Å²) in [5, 5.41) is 7.20. The molecule has 1 aromatic heterocycles. The van der Waals surface area contributed by atoms with Crippen LogP contribution in [-0.2, 0) is 0 Å². The Labute approximate surface area is 139 Å². The highest BCUT2D eigenvalue weighted by Gasteiger charge is 2.04. The molecule has 2 aromatic carbocycles. The van der Waals surface area contributed by atoms with Gasteiger partial charge in [0.2, 0.25) is 5.13 Å². The smallest absolute Gasteiger partial charge is 0.203 e. The van der Waals surface area contributed by atoms with E-state index in [0.29, 0.717) is 0 Å². The molecule has 0 aliphatic carbocycles. The molecule has 0 atom stereocenters. The lowest BCUT2D eigenvalue weighted by Gasteiger charge is -2.04. The number of nitrogens with one attached hydrogen (secondary N) is 1. The SMILES string of the molecule is COc1cccc(/C(C)=N\Nc2nc(-c3ccccc3)cs2)c1. The molecule has 3 rings (SSSR count). The maximum absolute atomic E-state index is 5.23. The number of methoxy groups -OCH3 is 1. The third kappa shape index (κ3) is 3.76. The van der Waals surface area contributed by atoms with E-state index in [4.69, 9.17) is 4.74 Å². The summed E-state index contributed by atoms with van der Waals surface area (Å²) >= 11 is 1.54. The van der Waals surface area contributed by atoms with E-state index in [-0.39, 0.29) is 0 Å². The highest BCUT2D eigenvalue weighted by Crippen LogP contribution is 2.24. The molecule has 0 fully saturated rings. The van der Waals surface area contributed by atoms with Gasteiger partial charge < -0.3 is 4.74 Å². The van der Waals surface area contributed by atoms with Crippen LogP contribution >= 0.6 is 11.3 Å². The Morgan fingerprint density at radius 3 is 2.74 bits per heavy atom. The maximum atomic E-state index is 5.23. The quantitative estimate of drug-likeness (QED) is 0.549. The van der Waals surface area contributed by atoms with Crippen LogP contribution in [0.4, 0.5) is 5.13 Å². The van der Waals surface area contributed by atoms with Gasteiger partial charge in [-0.2, -0.15) is 5.10 Å². The van der Waals surface area contributed by atoms with E-state index >= 15 is 0 Å². The lowest BCUT2D eigenvalue weighted by Crippen LogP contribution is -2.00. The van der Waals surface area contributed by atoms with E-state index in [1.54, 1.807) is 7.11 Å². The first-order valence-electron chi connectivity index (χ1n) is 7.22. The molecule has 23 heavy (non-hydrogen) atoms. The number of thiazole rings is 1. The van der Waals surface area contributed by atoms with Crippen molar-refractivity contribution in [1.82, 2.24) is 4.98 Å². The third-order valence-corrected chi connectivity index (χ3v) is 4.13. The summed E-state index contributed by atoms with van der Waals surface area (Å²) in [7, 11) is 1.66. The Kier molecular flexibility index (Phi) is 4.68. The van der Waals surface area contributed by atoms with E-state index < -0.39 is 0 Å². The minimum atomic E-state index is 0.770. The molecule has 3 aromatic rings. The molecule has 0 unspecified atom stereocenters. The Morgan fingerprint density at radius 1 is 1.13 bits per heavy atom. The van der Waals surface area contributed by atoms with Gasteiger partial charge in [-0.15, -0.1) is 11.3 Å². The van der Waals surface area contributed by atoms with Crippen molar-refractivity contribution in [2.45, 2.75) is 6.92 Å². The van der Waals surface area contributed by atoms with Crippen molar-refractivity contribution in [2.75, 3.05) is 12.5 Å². The van der Waals surface area contributed by atoms with Crippen LogP contribution in [0.2, 0.25) is 0 Å². The summed E-state index contributed by atoms with van der Waals surface area (Å²) in [6.45, 7) is 1.95. The number of rotatable bonds is 5. The number of benzene rings is 2. The van der Waals surface area contributed by atoms with E-state index in [0.717, 1.165) is 33.4 Å². The van der Waals surface area contributed by atoms with E-state index in [9.17, 15) is 0 Å². The molecule has 0 saturated carbocycles. The predicted molar refractivity (Wildman–Crippen MR) is 96.4 cm³/mol. The highest BCUT2D eigenvalue weighted by atomic mass is 32.1. The van der Waals surface area contributed by atoms with Gasteiger partial charge in [0.1, 0.15) is 5.75 Å². The Bertz CT molecular complexity index is 812. The summed E-state index contributed by atoms with van der Waals surface area (Å²) in [6.07, 6.45) is 0. The van der Waals surface area contributed by atoms with Crippen molar-refractivity contribution in [1.29, 1.82) is 0 Å². The van der Waals surface area contributed by atoms with Gasteiger partial charge in [-0.25, -0.2) is 4.98 Å². The number of anilines is 1. The molecule has 0 saturated heterocycles. The van der Waals surface area contributed by atoms with Crippen molar-refractivity contribution in [2.24, 2.45) is 5.10 Å².